The summed E-state index contributed by atoms with van der Waals surface area (Å²) in [6.07, 6.45) is 3.51. The highest BCUT2D eigenvalue weighted by atomic mass is 32.1. The predicted molar refractivity (Wildman–Crippen MR) is 74.4 cm³/mol. The molecule has 0 aromatic carbocycles. The molecular formula is C13H15N3O2S. The molecule has 0 spiro atoms. The van der Waals surface area contributed by atoms with E-state index in [1.54, 1.807) is 26.2 Å². The summed E-state index contributed by atoms with van der Waals surface area (Å²) in [4.78, 5) is 15.9. The maximum atomic E-state index is 11.9. The molecule has 0 saturated heterocycles. The van der Waals surface area contributed by atoms with Gasteiger partial charge in [-0.3, -0.25) is 4.98 Å². The molecule has 0 radical (unpaired) electrons. The van der Waals surface area contributed by atoms with Crippen molar-refractivity contribution in [2.45, 2.75) is 20.4 Å². The Morgan fingerprint density at radius 3 is 3.05 bits per heavy atom. The minimum Gasteiger partial charge on any atom is -0.462 e. The van der Waals surface area contributed by atoms with Crippen LogP contribution in [-0.2, 0) is 11.3 Å². The predicted octanol–water partition coefficient (Wildman–Crippen LogP) is 2.64. The van der Waals surface area contributed by atoms with E-state index in [9.17, 15) is 4.79 Å². The molecule has 0 aliphatic rings. The Kier molecular flexibility index (Phi) is 4.46. The molecule has 0 unspecified atom stereocenters. The molecule has 2 heterocycles. The summed E-state index contributed by atoms with van der Waals surface area (Å²) < 4.78 is 9.23. The van der Waals surface area contributed by atoms with Crippen LogP contribution in [0.3, 0.4) is 0 Å². The number of nitrogens with zero attached hydrogens (tertiary/aromatic N) is 2. The number of hydrogen-bond acceptors (Lipinski definition) is 6. The second-order valence-electron chi connectivity index (χ2n) is 3.91. The molecule has 5 nitrogen and oxygen atoms in total. The number of rotatable bonds is 5. The molecule has 19 heavy (non-hydrogen) atoms. The summed E-state index contributed by atoms with van der Waals surface area (Å²) >= 11 is 1.27. The number of ether oxygens (including phenoxy) is 1. The van der Waals surface area contributed by atoms with Crippen molar-refractivity contribution in [1.29, 1.82) is 0 Å². The average molecular weight is 277 g/mol. The van der Waals surface area contributed by atoms with Crippen molar-refractivity contribution in [3.63, 3.8) is 0 Å². The van der Waals surface area contributed by atoms with E-state index in [0.717, 1.165) is 10.6 Å². The van der Waals surface area contributed by atoms with E-state index < -0.39 is 0 Å². The minimum atomic E-state index is -0.331. The SMILES string of the molecule is CCOC(=O)c1c(C)nsc1NCc1cccnc1. The lowest BCUT2D eigenvalue weighted by molar-refractivity contribution is 0.0527. The number of pyridine rings is 1. The molecule has 1 N–H and O–H groups in total. The zero-order valence-corrected chi connectivity index (χ0v) is 11.7. The smallest absolute Gasteiger partial charge is 0.343 e. The fraction of sp³-hybridized carbons (Fsp3) is 0.308. The van der Waals surface area contributed by atoms with Gasteiger partial charge < -0.3 is 10.1 Å². The summed E-state index contributed by atoms with van der Waals surface area (Å²) in [5, 5.41) is 3.94. The van der Waals surface area contributed by atoms with Gasteiger partial charge in [0, 0.05) is 18.9 Å². The van der Waals surface area contributed by atoms with Gasteiger partial charge in [-0.15, -0.1) is 0 Å². The molecule has 0 fully saturated rings. The molecular weight excluding hydrogens is 262 g/mol. The van der Waals surface area contributed by atoms with Gasteiger partial charge in [0.1, 0.15) is 10.6 Å². The molecule has 2 aromatic rings. The van der Waals surface area contributed by atoms with Gasteiger partial charge in [0.25, 0.3) is 0 Å². The lowest BCUT2D eigenvalue weighted by Gasteiger charge is -2.06. The first-order valence-corrected chi connectivity index (χ1v) is 6.76. The van der Waals surface area contributed by atoms with Crippen molar-refractivity contribution in [2.24, 2.45) is 0 Å². The van der Waals surface area contributed by atoms with Gasteiger partial charge in [-0.25, -0.2) is 4.79 Å². The number of hydrogen-bond donors (Lipinski definition) is 1. The van der Waals surface area contributed by atoms with E-state index in [2.05, 4.69) is 14.7 Å². The first kappa shape index (κ1) is 13.5. The molecule has 0 aliphatic carbocycles. The van der Waals surface area contributed by atoms with Gasteiger partial charge in [0.2, 0.25) is 0 Å². The highest BCUT2D eigenvalue weighted by Gasteiger charge is 2.19. The molecule has 0 amide bonds. The summed E-state index contributed by atoms with van der Waals surface area (Å²) in [5.74, 6) is -0.331. The third kappa shape index (κ3) is 3.29. The normalized spacial score (nSPS) is 10.2. The second-order valence-corrected chi connectivity index (χ2v) is 4.68. The summed E-state index contributed by atoms with van der Waals surface area (Å²) in [5.41, 5.74) is 2.26. The van der Waals surface area contributed by atoms with Crippen molar-refractivity contribution in [3.8, 4) is 0 Å². The van der Waals surface area contributed by atoms with E-state index in [0.29, 0.717) is 24.4 Å². The zero-order chi connectivity index (χ0) is 13.7. The Hall–Kier alpha value is -1.95. The quantitative estimate of drug-likeness (QED) is 0.851. The number of aromatic nitrogens is 2. The van der Waals surface area contributed by atoms with Crippen molar-refractivity contribution in [3.05, 3.63) is 41.3 Å². The Labute approximate surface area is 115 Å². The molecule has 2 aromatic heterocycles. The molecule has 0 saturated carbocycles. The average Bonchev–Trinajstić information content (AvgIpc) is 2.79. The molecule has 0 bridgehead atoms. The van der Waals surface area contributed by atoms with E-state index in [1.165, 1.54) is 11.5 Å². The summed E-state index contributed by atoms with van der Waals surface area (Å²) in [6, 6.07) is 3.85. The lowest BCUT2D eigenvalue weighted by Crippen LogP contribution is -2.09. The number of esters is 1. The van der Waals surface area contributed by atoms with Crippen molar-refractivity contribution < 1.29 is 9.53 Å². The van der Waals surface area contributed by atoms with Gasteiger partial charge in [-0.2, -0.15) is 4.37 Å². The third-order valence-corrected chi connectivity index (χ3v) is 3.41. The van der Waals surface area contributed by atoms with E-state index >= 15 is 0 Å². The van der Waals surface area contributed by atoms with Gasteiger partial charge >= 0.3 is 5.97 Å². The van der Waals surface area contributed by atoms with Crippen LogP contribution in [-0.4, -0.2) is 21.9 Å². The van der Waals surface area contributed by atoms with Crippen LogP contribution in [0, 0.1) is 6.92 Å². The standard InChI is InChI=1S/C13H15N3O2S/c1-3-18-13(17)11-9(2)16-19-12(11)15-8-10-5-4-6-14-7-10/h4-7,15H,3,8H2,1-2H3. The topological polar surface area (TPSA) is 64.1 Å². The Balaban J connectivity index is 2.11. The van der Waals surface area contributed by atoms with Crippen molar-refractivity contribution in [2.75, 3.05) is 11.9 Å². The molecule has 2 rings (SSSR count). The Morgan fingerprint density at radius 1 is 1.53 bits per heavy atom. The van der Waals surface area contributed by atoms with E-state index in [4.69, 9.17) is 4.74 Å². The fourth-order valence-electron chi connectivity index (χ4n) is 1.62. The van der Waals surface area contributed by atoms with Gasteiger partial charge in [-0.1, -0.05) is 6.07 Å². The van der Waals surface area contributed by atoms with Crippen molar-refractivity contribution >= 4 is 22.5 Å². The molecule has 100 valence electrons. The van der Waals surface area contributed by atoms with Crippen LogP contribution in [0.4, 0.5) is 5.00 Å². The van der Waals surface area contributed by atoms with Crippen LogP contribution in [0.15, 0.2) is 24.5 Å². The maximum Gasteiger partial charge on any atom is 0.343 e. The van der Waals surface area contributed by atoms with E-state index in [-0.39, 0.29) is 5.97 Å². The highest BCUT2D eigenvalue weighted by molar-refractivity contribution is 7.10. The number of carbonyl (C=O) groups excluding carboxylic acids is 1. The van der Waals surface area contributed by atoms with Crippen LogP contribution in [0.2, 0.25) is 0 Å². The Bertz CT molecular complexity index is 554. The van der Waals surface area contributed by atoms with E-state index in [1.807, 2.05) is 12.1 Å². The van der Waals surface area contributed by atoms with Crippen LogP contribution in [0.5, 0.6) is 0 Å². The molecule has 6 heteroatoms. The van der Waals surface area contributed by atoms with Crippen LogP contribution in [0.25, 0.3) is 0 Å². The number of nitrogens with one attached hydrogen (secondary N) is 1. The van der Waals surface area contributed by atoms with Gasteiger partial charge in [0.15, 0.2) is 0 Å². The summed E-state index contributed by atoms with van der Waals surface area (Å²) in [7, 11) is 0. The van der Waals surface area contributed by atoms with Gasteiger partial charge in [0.05, 0.1) is 12.3 Å². The lowest BCUT2D eigenvalue weighted by atomic mass is 10.2. The fourth-order valence-corrected chi connectivity index (χ4v) is 2.40. The van der Waals surface area contributed by atoms with Gasteiger partial charge in [-0.05, 0) is 37.0 Å². The first-order chi connectivity index (χ1) is 9.22. The number of aryl methyl sites for hydroxylation is 1. The van der Waals surface area contributed by atoms with Crippen LogP contribution >= 0.6 is 11.5 Å². The zero-order valence-electron chi connectivity index (χ0n) is 10.8. The third-order valence-electron chi connectivity index (χ3n) is 2.52. The van der Waals surface area contributed by atoms with Crippen molar-refractivity contribution in [1.82, 2.24) is 9.36 Å². The largest absolute Gasteiger partial charge is 0.462 e. The molecule has 0 aliphatic heterocycles. The second kappa shape index (κ2) is 6.29. The summed E-state index contributed by atoms with van der Waals surface area (Å²) in [6.45, 7) is 4.55. The minimum absolute atomic E-state index is 0.331. The van der Waals surface area contributed by atoms with Crippen LogP contribution in [0.1, 0.15) is 28.5 Å². The highest BCUT2D eigenvalue weighted by Crippen LogP contribution is 2.25. The number of carbonyl (C=O) groups is 1. The monoisotopic (exact) mass is 277 g/mol. The maximum absolute atomic E-state index is 11.9. The van der Waals surface area contributed by atoms with Crippen LogP contribution < -0.4 is 5.32 Å². The Morgan fingerprint density at radius 2 is 2.37 bits per heavy atom. The first-order valence-electron chi connectivity index (χ1n) is 5.98. The number of anilines is 1. The molecule has 0 atom stereocenters.